The first-order valence-electron chi connectivity index (χ1n) is 10.9. The monoisotopic (exact) mass is 464 g/mol. The zero-order valence-electron chi connectivity index (χ0n) is 19.8. The lowest BCUT2D eigenvalue weighted by Crippen LogP contribution is -2.32. The first-order valence-corrected chi connectivity index (χ1v) is 10.9. The van der Waals surface area contributed by atoms with Crippen molar-refractivity contribution in [3.05, 3.63) is 59.3 Å². The first kappa shape index (κ1) is 23.2. The summed E-state index contributed by atoms with van der Waals surface area (Å²) in [5.41, 5.74) is 3.89. The van der Waals surface area contributed by atoms with Gasteiger partial charge in [-0.2, -0.15) is 4.98 Å². The average Bonchev–Trinajstić information content (AvgIpc) is 2.86. The lowest BCUT2D eigenvalue weighted by atomic mass is 10.0. The van der Waals surface area contributed by atoms with Crippen molar-refractivity contribution in [2.24, 2.45) is 0 Å². The number of aryl methyl sites for hydroxylation is 1. The van der Waals surface area contributed by atoms with Crippen LogP contribution in [0.2, 0.25) is 0 Å². The van der Waals surface area contributed by atoms with Crippen molar-refractivity contribution < 1.29 is 23.7 Å². The first-order chi connectivity index (χ1) is 16.5. The quantitative estimate of drug-likeness (QED) is 0.542. The zero-order valence-corrected chi connectivity index (χ0v) is 19.8. The van der Waals surface area contributed by atoms with Crippen LogP contribution < -0.4 is 29.2 Å². The SMILES string of the molecule is COc1cc(NC(=O)COc2cc(C)nc(N3CCc4ccccc4C3)n2)cc(OC)c1OC. The van der Waals surface area contributed by atoms with Crippen molar-refractivity contribution in [1.82, 2.24) is 9.97 Å². The number of rotatable bonds is 8. The number of amides is 1. The zero-order chi connectivity index (χ0) is 24.1. The molecule has 0 bridgehead atoms. The second-order valence-corrected chi connectivity index (χ2v) is 7.84. The molecule has 4 rings (SSSR count). The highest BCUT2D eigenvalue weighted by Gasteiger charge is 2.20. The number of hydrogen-bond donors (Lipinski definition) is 1. The van der Waals surface area contributed by atoms with Crippen molar-refractivity contribution in [2.75, 3.05) is 44.7 Å². The predicted molar refractivity (Wildman–Crippen MR) is 128 cm³/mol. The highest BCUT2D eigenvalue weighted by Crippen LogP contribution is 2.39. The molecule has 1 aromatic heterocycles. The van der Waals surface area contributed by atoms with Gasteiger partial charge in [0, 0.05) is 42.7 Å². The van der Waals surface area contributed by atoms with E-state index in [1.54, 1.807) is 18.2 Å². The van der Waals surface area contributed by atoms with E-state index >= 15 is 0 Å². The summed E-state index contributed by atoms with van der Waals surface area (Å²) in [7, 11) is 4.55. The number of ether oxygens (including phenoxy) is 4. The fraction of sp³-hybridized carbons (Fsp3) is 0.320. The molecule has 1 amide bonds. The standard InChI is InChI=1S/C25H28N4O5/c1-16-11-23(28-25(26-16)29-10-9-17-7-5-6-8-18(17)14-29)34-15-22(30)27-19-12-20(31-2)24(33-4)21(13-19)32-3/h5-8,11-13H,9-10,14-15H2,1-4H3,(H,27,30). The summed E-state index contributed by atoms with van der Waals surface area (Å²) in [6, 6.07) is 13.4. The summed E-state index contributed by atoms with van der Waals surface area (Å²) in [5, 5.41) is 2.78. The molecule has 178 valence electrons. The third-order valence-corrected chi connectivity index (χ3v) is 5.53. The molecule has 0 radical (unpaired) electrons. The molecule has 0 saturated carbocycles. The minimum absolute atomic E-state index is 0.213. The molecule has 1 aliphatic rings. The highest BCUT2D eigenvalue weighted by atomic mass is 16.5. The normalized spacial score (nSPS) is 12.5. The molecular weight excluding hydrogens is 436 g/mol. The van der Waals surface area contributed by atoms with Crippen LogP contribution in [0.15, 0.2) is 42.5 Å². The number of carbonyl (C=O) groups is 1. The van der Waals surface area contributed by atoms with Crippen LogP contribution in [0.5, 0.6) is 23.1 Å². The van der Waals surface area contributed by atoms with E-state index in [-0.39, 0.29) is 12.5 Å². The smallest absolute Gasteiger partial charge is 0.262 e. The number of aromatic nitrogens is 2. The summed E-state index contributed by atoms with van der Waals surface area (Å²) < 4.78 is 21.7. The molecule has 1 aliphatic heterocycles. The maximum absolute atomic E-state index is 12.5. The van der Waals surface area contributed by atoms with E-state index in [1.165, 1.54) is 32.5 Å². The van der Waals surface area contributed by atoms with Crippen LogP contribution in [0.4, 0.5) is 11.6 Å². The van der Waals surface area contributed by atoms with Gasteiger partial charge in [0.05, 0.1) is 21.3 Å². The molecule has 0 atom stereocenters. The topological polar surface area (TPSA) is 95.0 Å². The Labute approximate surface area is 198 Å². The minimum atomic E-state index is -0.348. The van der Waals surface area contributed by atoms with Gasteiger partial charge < -0.3 is 29.2 Å². The molecule has 3 aromatic rings. The maximum Gasteiger partial charge on any atom is 0.262 e. The number of fused-ring (bicyclic) bond motifs is 1. The van der Waals surface area contributed by atoms with Crippen LogP contribution in [-0.4, -0.2) is 50.4 Å². The molecular formula is C25H28N4O5. The van der Waals surface area contributed by atoms with E-state index in [9.17, 15) is 4.79 Å². The van der Waals surface area contributed by atoms with Crippen molar-refractivity contribution in [1.29, 1.82) is 0 Å². The fourth-order valence-electron chi connectivity index (χ4n) is 3.90. The van der Waals surface area contributed by atoms with Gasteiger partial charge in [-0.1, -0.05) is 24.3 Å². The summed E-state index contributed by atoms with van der Waals surface area (Å²) in [6.45, 7) is 3.23. The van der Waals surface area contributed by atoms with Gasteiger partial charge in [0.25, 0.3) is 5.91 Å². The van der Waals surface area contributed by atoms with Crippen molar-refractivity contribution in [2.45, 2.75) is 19.9 Å². The Morgan fingerprint density at radius 3 is 2.38 bits per heavy atom. The van der Waals surface area contributed by atoms with Gasteiger partial charge >= 0.3 is 0 Å². The molecule has 0 spiro atoms. The van der Waals surface area contributed by atoms with E-state index in [1.807, 2.05) is 13.0 Å². The number of methoxy groups -OCH3 is 3. The number of benzene rings is 2. The van der Waals surface area contributed by atoms with Gasteiger partial charge in [0.2, 0.25) is 17.6 Å². The molecule has 1 N–H and O–H groups in total. The maximum atomic E-state index is 12.5. The summed E-state index contributed by atoms with van der Waals surface area (Å²) >= 11 is 0. The predicted octanol–water partition coefficient (Wildman–Crippen LogP) is 3.39. The molecule has 0 fully saturated rings. The fourth-order valence-corrected chi connectivity index (χ4v) is 3.90. The van der Waals surface area contributed by atoms with E-state index in [0.717, 1.165) is 25.2 Å². The van der Waals surface area contributed by atoms with Crippen molar-refractivity contribution in [3.63, 3.8) is 0 Å². The summed E-state index contributed by atoms with van der Waals surface area (Å²) in [6.07, 6.45) is 0.931. The largest absolute Gasteiger partial charge is 0.493 e. The van der Waals surface area contributed by atoms with Crippen LogP contribution >= 0.6 is 0 Å². The Bertz CT molecular complexity index is 1160. The van der Waals surface area contributed by atoms with Crippen molar-refractivity contribution >= 4 is 17.5 Å². The number of carbonyl (C=O) groups excluding carboxylic acids is 1. The van der Waals surface area contributed by atoms with Crippen LogP contribution in [0.25, 0.3) is 0 Å². The van der Waals surface area contributed by atoms with Crippen LogP contribution in [0, 0.1) is 6.92 Å². The minimum Gasteiger partial charge on any atom is -0.493 e. The van der Waals surface area contributed by atoms with E-state index in [0.29, 0.717) is 34.8 Å². The van der Waals surface area contributed by atoms with Gasteiger partial charge in [-0.25, -0.2) is 4.98 Å². The highest BCUT2D eigenvalue weighted by molar-refractivity contribution is 5.92. The number of hydrogen-bond acceptors (Lipinski definition) is 8. The molecule has 9 nitrogen and oxygen atoms in total. The lowest BCUT2D eigenvalue weighted by Gasteiger charge is -2.29. The van der Waals surface area contributed by atoms with Gasteiger partial charge in [0.1, 0.15) is 0 Å². The average molecular weight is 465 g/mol. The molecule has 0 saturated heterocycles. The molecule has 34 heavy (non-hydrogen) atoms. The molecule has 0 unspecified atom stereocenters. The Hall–Kier alpha value is -4.01. The molecule has 2 aromatic carbocycles. The summed E-state index contributed by atoms with van der Waals surface area (Å²) in [4.78, 5) is 23.8. The second-order valence-electron chi connectivity index (χ2n) is 7.84. The number of nitrogens with zero attached hydrogens (tertiary/aromatic N) is 3. The van der Waals surface area contributed by atoms with Crippen molar-refractivity contribution in [3.8, 4) is 23.1 Å². The molecule has 0 aliphatic carbocycles. The van der Waals surface area contributed by atoms with Gasteiger partial charge in [0.15, 0.2) is 18.1 Å². The Morgan fingerprint density at radius 1 is 1.00 bits per heavy atom. The van der Waals surface area contributed by atoms with Gasteiger partial charge in [-0.3, -0.25) is 4.79 Å². The Balaban J connectivity index is 1.42. The lowest BCUT2D eigenvalue weighted by molar-refractivity contribution is -0.118. The van der Waals surface area contributed by atoms with E-state index in [4.69, 9.17) is 18.9 Å². The number of nitrogens with one attached hydrogen (secondary N) is 1. The van der Waals surface area contributed by atoms with Crippen LogP contribution in [0.1, 0.15) is 16.8 Å². The summed E-state index contributed by atoms with van der Waals surface area (Å²) in [5.74, 6) is 1.92. The second kappa shape index (κ2) is 10.3. The number of anilines is 2. The third-order valence-electron chi connectivity index (χ3n) is 5.53. The van der Waals surface area contributed by atoms with E-state index in [2.05, 4.69) is 38.4 Å². The molecule has 9 heteroatoms. The van der Waals surface area contributed by atoms with Crippen LogP contribution in [0.3, 0.4) is 0 Å². The Kier molecular flexibility index (Phi) is 7.01. The third kappa shape index (κ3) is 5.14. The van der Waals surface area contributed by atoms with Crippen LogP contribution in [-0.2, 0) is 17.8 Å². The van der Waals surface area contributed by atoms with Gasteiger partial charge in [-0.05, 0) is 24.5 Å². The Morgan fingerprint density at radius 2 is 1.71 bits per heavy atom. The van der Waals surface area contributed by atoms with E-state index < -0.39 is 0 Å². The molecule has 2 heterocycles. The van der Waals surface area contributed by atoms with Gasteiger partial charge in [-0.15, -0.1) is 0 Å².